The summed E-state index contributed by atoms with van der Waals surface area (Å²) in [4.78, 5) is 14.6. The van der Waals surface area contributed by atoms with Gasteiger partial charge in [0.15, 0.2) is 0 Å². The van der Waals surface area contributed by atoms with Gasteiger partial charge in [-0.1, -0.05) is 34.6 Å². The van der Waals surface area contributed by atoms with E-state index in [9.17, 15) is 4.79 Å². The molecule has 1 heterocycles. The largest absolute Gasteiger partial charge is 0.312 e. The van der Waals surface area contributed by atoms with Gasteiger partial charge in [-0.15, -0.1) is 0 Å². The van der Waals surface area contributed by atoms with Crippen molar-refractivity contribution >= 4 is 5.78 Å². The third-order valence-corrected chi connectivity index (χ3v) is 5.01. The smallest absolute Gasteiger partial charge is 0.149 e. The number of hydrogen-bond acceptors (Lipinski definition) is 3. The Hall–Kier alpha value is -0.410. The molecule has 0 aromatic carbocycles. The Balaban J connectivity index is 2.88. The van der Waals surface area contributed by atoms with Crippen molar-refractivity contribution in [2.24, 2.45) is 11.3 Å². The monoisotopic (exact) mass is 282 g/mol. The molecule has 1 saturated heterocycles. The maximum Gasteiger partial charge on any atom is 0.149 e. The lowest BCUT2D eigenvalue weighted by Gasteiger charge is -2.42. The van der Waals surface area contributed by atoms with Crippen molar-refractivity contribution in [2.45, 2.75) is 79.4 Å². The molecule has 1 rings (SSSR count). The Morgan fingerprint density at radius 2 is 1.90 bits per heavy atom. The molecule has 0 bridgehead atoms. The molecule has 1 aliphatic heterocycles. The van der Waals surface area contributed by atoms with E-state index in [1.165, 1.54) is 0 Å². The van der Waals surface area contributed by atoms with Crippen LogP contribution in [0.3, 0.4) is 0 Å². The molecule has 0 aromatic rings. The summed E-state index contributed by atoms with van der Waals surface area (Å²) in [5, 5.41) is 3.68. The van der Waals surface area contributed by atoms with Crippen LogP contribution in [-0.4, -0.2) is 41.9 Å². The minimum atomic E-state index is 0.128. The molecule has 3 heteroatoms. The fourth-order valence-electron chi connectivity index (χ4n) is 3.11. The Bertz CT molecular complexity index is 323. The second kappa shape index (κ2) is 7.04. The SMILES string of the molecule is CCC(C)(C)C1NCCC1N(CC(=O)C(C)C)C(C)C. The van der Waals surface area contributed by atoms with Crippen LogP contribution in [0.15, 0.2) is 0 Å². The number of rotatable bonds is 7. The molecule has 118 valence electrons. The first-order valence-electron chi connectivity index (χ1n) is 8.22. The number of nitrogens with one attached hydrogen (secondary N) is 1. The van der Waals surface area contributed by atoms with Gasteiger partial charge in [0.1, 0.15) is 5.78 Å². The molecular weight excluding hydrogens is 248 g/mol. The van der Waals surface area contributed by atoms with Gasteiger partial charge in [0.25, 0.3) is 0 Å². The highest BCUT2D eigenvalue weighted by Crippen LogP contribution is 2.33. The molecule has 1 fully saturated rings. The Labute approximate surface area is 125 Å². The number of carbonyl (C=O) groups is 1. The molecule has 0 saturated carbocycles. The fourth-order valence-corrected chi connectivity index (χ4v) is 3.11. The minimum absolute atomic E-state index is 0.128. The molecule has 20 heavy (non-hydrogen) atoms. The second-order valence-corrected chi connectivity index (χ2v) is 7.52. The van der Waals surface area contributed by atoms with E-state index in [2.05, 4.69) is 44.8 Å². The summed E-state index contributed by atoms with van der Waals surface area (Å²) in [6, 6.07) is 1.38. The van der Waals surface area contributed by atoms with Crippen molar-refractivity contribution in [1.82, 2.24) is 10.2 Å². The zero-order valence-corrected chi connectivity index (χ0v) is 14.5. The molecular formula is C17H34N2O. The lowest BCUT2D eigenvalue weighted by molar-refractivity contribution is -0.124. The maximum absolute atomic E-state index is 12.2. The van der Waals surface area contributed by atoms with Crippen molar-refractivity contribution in [3.05, 3.63) is 0 Å². The third kappa shape index (κ3) is 4.05. The van der Waals surface area contributed by atoms with Gasteiger partial charge in [0.2, 0.25) is 0 Å². The molecule has 3 nitrogen and oxygen atoms in total. The van der Waals surface area contributed by atoms with Gasteiger partial charge in [0, 0.05) is 24.0 Å². The van der Waals surface area contributed by atoms with Crippen molar-refractivity contribution in [3.63, 3.8) is 0 Å². The third-order valence-electron chi connectivity index (χ3n) is 5.01. The zero-order valence-electron chi connectivity index (χ0n) is 14.5. The van der Waals surface area contributed by atoms with Gasteiger partial charge < -0.3 is 5.32 Å². The minimum Gasteiger partial charge on any atom is -0.312 e. The van der Waals surface area contributed by atoms with E-state index >= 15 is 0 Å². The van der Waals surface area contributed by atoms with Crippen LogP contribution in [0.25, 0.3) is 0 Å². The number of hydrogen-bond donors (Lipinski definition) is 1. The van der Waals surface area contributed by atoms with Gasteiger partial charge in [0.05, 0.1) is 6.54 Å². The highest BCUT2D eigenvalue weighted by atomic mass is 16.1. The van der Waals surface area contributed by atoms with Crippen LogP contribution in [0.1, 0.15) is 61.3 Å². The molecule has 0 amide bonds. The Morgan fingerprint density at radius 1 is 1.30 bits per heavy atom. The van der Waals surface area contributed by atoms with E-state index in [1.807, 2.05) is 13.8 Å². The van der Waals surface area contributed by atoms with Crippen LogP contribution < -0.4 is 5.32 Å². The van der Waals surface area contributed by atoms with E-state index in [4.69, 9.17) is 0 Å². The van der Waals surface area contributed by atoms with Gasteiger partial charge in [-0.05, 0) is 38.6 Å². The normalized spacial score (nSPS) is 24.1. The van der Waals surface area contributed by atoms with Crippen LogP contribution in [0.5, 0.6) is 0 Å². The van der Waals surface area contributed by atoms with E-state index in [-0.39, 0.29) is 11.3 Å². The highest BCUT2D eigenvalue weighted by Gasteiger charge is 2.41. The number of ketones is 1. The molecule has 2 atom stereocenters. The van der Waals surface area contributed by atoms with Crippen LogP contribution in [0.2, 0.25) is 0 Å². The summed E-state index contributed by atoms with van der Waals surface area (Å²) in [5.41, 5.74) is 0.273. The fraction of sp³-hybridized carbons (Fsp3) is 0.941. The average Bonchev–Trinajstić information content (AvgIpc) is 2.84. The Kier molecular flexibility index (Phi) is 6.21. The first kappa shape index (κ1) is 17.6. The first-order valence-corrected chi connectivity index (χ1v) is 8.22. The van der Waals surface area contributed by atoms with Crippen molar-refractivity contribution in [2.75, 3.05) is 13.1 Å². The van der Waals surface area contributed by atoms with Crippen LogP contribution in [0, 0.1) is 11.3 Å². The lowest BCUT2D eigenvalue weighted by atomic mass is 9.78. The van der Waals surface area contributed by atoms with Crippen molar-refractivity contribution < 1.29 is 4.79 Å². The summed E-state index contributed by atoms with van der Waals surface area (Å²) < 4.78 is 0. The zero-order chi connectivity index (χ0) is 15.5. The lowest BCUT2D eigenvalue weighted by Crippen LogP contribution is -2.54. The molecule has 0 radical (unpaired) electrons. The average molecular weight is 282 g/mol. The second-order valence-electron chi connectivity index (χ2n) is 7.52. The number of Topliss-reactive ketones (excluding diaryl/α,β-unsaturated/α-hetero) is 1. The number of carbonyl (C=O) groups excluding carboxylic acids is 1. The van der Waals surface area contributed by atoms with Crippen molar-refractivity contribution in [1.29, 1.82) is 0 Å². The summed E-state index contributed by atoms with van der Waals surface area (Å²) in [7, 11) is 0. The summed E-state index contributed by atoms with van der Waals surface area (Å²) >= 11 is 0. The van der Waals surface area contributed by atoms with E-state index < -0.39 is 0 Å². The number of nitrogens with zero attached hydrogens (tertiary/aromatic N) is 1. The molecule has 1 aliphatic rings. The first-order chi connectivity index (χ1) is 9.20. The van der Waals surface area contributed by atoms with Crippen LogP contribution in [-0.2, 0) is 4.79 Å². The molecule has 0 spiro atoms. The molecule has 2 unspecified atom stereocenters. The summed E-state index contributed by atoms with van der Waals surface area (Å²) in [6.45, 7) is 17.0. The quantitative estimate of drug-likeness (QED) is 0.779. The van der Waals surface area contributed by atoms with E-state index in [1.54, 1.807) is 0 Å². The molecule has 1 N–H and O–H groups in total. The van der Waals surface area contributed by atoms with Gasteiger partial charge in [-0.25, -0.2) is 0 Å². The van der Waals surface area contributed by atoms with Gasteiger partial charge in [-0.2, -0.15) is 0 Å². The van der Waals surface area contributed by atoms with Crippen LogP contribution in [0.4, 0.5) is 0 Å². The maximum atomic E-state index is 12.2. The van der Waals surface area contributed by atoms with E-state index in [0.717, 1.165) is 19.4 Å². The van der Waals surface area contributed by atoms with Crippen molar-refractivity contribution in [3.8, 4) is 0 Å². The standard InChI is InChI=1S/C17H34N2O/c1-8-17(6,7)16-14(9-10-18-16)19(13(4)5)11-15(20)12(2)3/h12-14,16,18H,8-11H2,1-7H3. The molecule has 0 aliphatic carbocycles. The topological polar surface area (TPSA) is 32.3 Å². The predicted octanol–water partition coefficient (Wildman–Crippen LogP) is 3.09. The highest BCUT2D eigenvalue weighted by molar-refractivity contribution is 5.82. The van der Waals surface area contributed by atoms with Gasteiger partial charge >= 0.3 is 0 Å². The summed E-state index contributed by atoms with van der Waals surface area (Å²) in [6.07, 6.45) is 2.31. The molecule has 0 aromatic heterocycles. The summed E-state index contributed by atoms with van der Waals surface area (Å²) in [5.74, 6) is 0.488. The predicted molar refractivity (Wildman–Crippen MR) is 86.0 cm³/mol. The Morgan fingerprint density at radius 3 is 2.35 bits per heavy atom. The van der Waals surface area contributed by atoms with E-state index in [0.29, 0.717) is 30.5 Å². The van der Waals surface area contributed by atoms with Crippen LogP contribution >= 0.6 is 0 Å². The van der Waals surface area contributed by atoms with Gasteiger partial charge in [-0.3, -0.25) is 9.69 Å².